The van der Waals surface area contributed by atoms with E-state index >= 15 is 0 Å². The van der Waals surface area contributed by atoms with Crippen molar-refractivity contribution < 1.29 is 14.2 Å². The molecule has 0 saturated heterocycles. The highest BCUT2D eigenvalue weighted by Gasteiger charge is 2.12. The van der Waals surface area contributed by atoms with E-state index in [9.17, 15) is 9.50 Å². The van der Waals surface area contributed by atoms with Gasteiger partial charge in [0, 0.05) is 17.8 Å². The standard InChI is InChI=1S/C16H18FNO2/c1-10-6-13(7-11(2)18-10)15(19)9-12-4-5-16(20-3)14(17)8-12/h4-8,15,19H,9H2,1-3H3. The maximum absolute atomic E-state index is 13.6. The largest absolute Gasteiger partial charge is 0.494 e. The van der Waals surface area contributed by atoms with Crippen molar-refractivity contribution in [1.82, 2.24) is 4.98 Å². The SMILES string of the molecule is COc1ccc(CC(O)c2cc(C)nc(C)c2)cc1F. The van der Waals surface area contributed by atoms with Crippen LogP contribution in [0.2, 0.25) is 0 Å². The number of pyridine rings is 1. The van der Waals surface area contributed by atoms with E-state index in [0.29, 0.717) is 6.42 Å². The first-order chi connectivity index (χ1) is 9.49. The Bertz CT molecular complexity index is 593. The molecule has 0 fully saturated rings. The lowest BCUT2D eigenvalue weighted by atomic mass is 10.0. The summed E-state index contributed by atoms with van der Waals surface area (Å²) in [5.74, 6) is -0.210. The first-order valence-corrected chi connectivity index (χ1v) is 6.45. The molecule has 3 nitrogen and oxygen atoms in total. The van der Waals surface area contributed by atoms with Gasteiger partial charge < -0.3 is 9.84 Å². The van der Waals surface area contributed by atoms with Crippen molar-refractivity contribution in [1.29, 1.82) is 0 Å². The Morgan fingerprint density at radius 3 is 2.40 bits per heavy atom. The van der Waals surface area contributed by atoms with Crippen molar-refractivity contribution in [2.75, 3.05) is 7.11 Å². The Hall–Kier alpha value is -1.94. The molecule has 4 heteroatoms. The number of aryl methyl sites for hydroxylation is 2. The van der Waals surface area contributed by atoms with Crippen LogP contribution in [0, 0.1) is 19.7 Å². The Morgan fingerprint density at radius 1 is 1.20 bits per heavy atom. The number of ether oxygens (including phenoxy) is 1. The fourth-order valence-corrected chi connectivity index (χ4v) is 2.24. The third kappa shape index (κ3) is 3.33. The van der Waals surface area contributed by atoms with Gasteiger partial charge in [0.05, 0.1) is 13.2 Å². The molecule has 0 aliphatic rings. The van der Waals surface area contributed by atoms with Crippen molar-refractivity contribution in [3.8, 4) is 5.75 Å². The van der Waals surface area contributed by atoms with Gasteiger partial charge in [0.1, 0.15) is 0 Å². The average molecular weight is 275 g/mol. The molecule has 20 heavy (non-hydrogen) atoms. The van der Waals surface area contributed by atoms with Crippen LogP contribution in [-0.4, -0.2) is 17.2 Å². The minimum absolute atomic E-state index is 0.207. The van der Waals surface area contributed by atoms with Gasteiger partial charge in [-0.2, -0.15) is 0 Å². The lowest BCUT2D eigenvalue weighted by Gasteiger charge is -2.13. The van der Waals surface area contributed by atoms with Crippen molar-refractivity contribution in [3.05, 3.63) is 58.7 Å². The van der Waals surface area contributed by atoms with Gasteiger partial charge in [-0.1, -0.05) is 6.07 Å². The van der Waals surface area contributed by atoms with E-state index in [1.165, 1.54) is 13.2 Å². The minimum Gasteiger partial charge on any atom is -0.494 e. The number of hydrogen-bond donors (Lipinski definition) is 1. The van der Waals surface area contributed by atoms with Crippen molar-refractivity contribution in [2.45, 2.75) is 26.4 Å². The van der Waals surface area contributed by atoms with Crippen molar-refractivity contribution in [2.24, 2.45) is 0 Å². The lowest BCUT2D eigenvalue weighted by Crippen LogP contribution is -2.04. The highest BCUT2D eigenvalue weighted by atomic mass is 19.1. The number of aliphatic hydroxyl groups is 1. The Morgan fingerprint density at radius 2 is 1.85 bits per heavy atom. The summed E-state index contributed by atoms with van der Waals surface area (Å²) in [6.45, 7) is 3.77. The van der Waals surface area contributed by atoms with Crippen LogP contribution in [0.5, 0.6) is 5.75 Å². The number of nitrogens with zero attached hydrogens (tertiary/aromatic N) is 1. The van der Waals surface area contributed by atoms with Gasteiger partial charge in [0.15, 0.2) is 11.6 Å². The summed E-state index contributed by atoms with van der Waals surface area (Å²) in [4.78, 5) is 4.27. The number of methoxy groups -OCH3 is 1. The molecule has 2 aromatic rings. The zero-order chi connectivity index (χ0) is 14.7. The van der Waals surface area contributed by atoms with E-state index in [-0.39, 0.29) is 5.75 Å². The molecule has 2 rings (SSSR count). The molecule has 1 heterocycles. The van der Waals surface area contributed by atoms with Crippen molar-refractivity contribution >= 4 is 0 Å². The first-order valence-electron chi connectivity index (χ1n) is 6.45. The topological polar surface area (TPSA) is 42.4 Å². The second-order valence-corrected chi connectivity index (χ2v) is 4.87. The van der Waals surface area contributed by atoms with Crippen LogP contribution in [0.1, 0.15) is 28.6 Å². The van der Waals surface area contributed by atoms with E-state index in [1.54, 1.807) is 12.1 Å². The highest BCUT2D eigenvalue weighted by Crippen LogP contribution is 2.23. The van der Waals surface area contributed by atoms with Gasteiger partial charge in [0.2, 0.25) is 0 Å². The molecule has 1 atom stereocenters. The van der Waals surface area contributed by atoms with Crippen LogP contribution < -0.4 is 4.74 Å². The van der Waals surface area contributed by atoms with Crippen LogP contribution in [0.15, 0.2) is 30.3 Å². The van der Waals surface area contributed by atoms with Crippen molar-refractivity contribution in [3.63, 3.8) is 0 Å². The monoisotopic (exact) mass is 275 g/mol. The van der Waals surface area contributed by atoms with E-state index in [0.717, 1.165) is 22.5 Å². The lowest BCUT2D eigenvalue weighted by molar-refractivity contribution is 0.178. The zero-order valence-corrected chi connectivity index (χ0v) is 11.9. The fraction of sp³-hybridized carbons (Fsp3) is 0.312. The summed E-state index contributed by atoms with van der Waals surface area (Å²) in [6, 6.07) is 8.41. The summed E-state index contributed by atoms with van der Waals surface area (Å²) in [7, 11) is 1.43. The smallest absolute Gasteiger partial charge is 0.165 e. The van der Waals surface area contributed by atoms with E-state index in [2.05, 4.69) is 4.98 Å². The number of rotatable bonds is 4. The Balaban J connectivity index is 2.18. The third-order valence-corrected chi connectivity index (χ3v) is 3.13. The second-order valence-electron chi connectivity index (χ2n) is 4.87. The maximum atomic E-state index is 13.6. The number of aromatic nitrogens is 1. The van der Waals surface area contributed by atoms with Gasteiger partial charge in [-0.15, -0.1) is 0 Å². The summed E-state index contributed by atoms with van der Waals surface area (Å²) in [5.41, 5.74) is 3.24. The molecule has 0 spiro atoms. The summed E-state index contributed by atoms with van der Waals surface area (Å²) in [6.07, 6.45) is -0.327. The first kappa shape index (κ1) is 14.5. The number of aliphatic hydroxyl groups excluding tert-OH is 1. The molecular formula is C16H18FNO2. The number of hydrogen-bond acceptors (Lipinski definition) is 3. The number of halogens is 1. The fourth-order valence-electron chi connectivity index (χ4n) is 2.24. The Kier molecular flexibility index (Phi) is 4.35. The molecule has 0 aliphatic carbocycles. The van der Waals surface area contributed by atoms with E-state index in [1.807, 2.05) is 26.0 Å². The summed E-state index contributed by atoms with van der Waals surface area (Å²) in [5, 5.41) is 10.3. The van der Waals surface area contributed by atoms with E-state index < -0.39 is 11.9 Å². The molecule has 0 aliphatic heterocycles. The molecule has 106 valence electrons. The van der Waals surface area contributed by atoms with Crippen LogP contribution in [-0.2, 0) is 6.42 Å². The molecule has 1 aromatic carbocycles. The van der Waals surface area contributed by atoms with Crippen LogP contribution in [0.3, 0.4) is 0 Å². The Labute approximate surface area is 118 Å². The summed E-state index contributed by atoms with van der Waals surface area (Å²) < 4.78 is 18.5. The van der Waals surface area contributed by atoms with Gasteiger partial charge in [-0.05, 0) is 49.2 Å². The predicted octanol–water partition coefficient (Wildman–Crippen LogP) is 3.12. The minimum atomic E-state index is -0.678. The number of benzene rings is 1. The third-order valence-electron chi connectivity index (χ3n) is 3.13. The van der Waals surface area contributed by atoms with Gasteiger partial charge in [0.25, 0.3) is 0 Å². The summed E-state index contributed by atoms with van der Waals surface area (Å²) >= 11 is 0. The predicted molar refractivity (Wildman–Crippen MR) is 75.3 cm³/mol. The van der Waals surface area contributed by atoms with Gasteiger partial charge in [-0.25, -0.2) is 4.39 Å². The molecular weight excluding hydrogens is 257 g/mol. The molecule has 1 unspecified atom stereocenters. The molecule has 1 N–H and O–H groups in total. The van der Waals surface area contributed by atoms with Gasteiger partial charge in [-0.3, -0.25) is 4.98 Å². The molecule has 0 amide bonds. The van der Waals surface area contributed by atoms with E-state index in [4.69, 9.17) is 4.74 Å². The molecule has 0 saturated carbocycles. The quantitative estimate of drug-likeness (QED) is 0.932. The van der Waals surface area contributed by atoms with Gasteiger partial charge >= 0.3 is 0 Å². The van der Waals surface area contributed by atoms with Crippen LogP contribution in [0.25, 0.3) is 0 Å². The zero-order valence-electron chi connectivity index (χ0n) is 11.9. The maximum Gasteiger partial charge on any atom is 0.165 e. The normalized spacial score (nSPS) is 12.2. The van der Waals surface area contributed by atoms with Crippen LogP contribution in [0.4, 0.5) is 4.39 Å². The second kappa shape index (κ2) is 6.01. The highest BCUT2D eigenvalue weighted by molar-refractivity contribution is 5.31. The molecule has 1 aromatic heterocycles. The van der Waals surface area contributed by atoms with Crippen LogP contribution >= 0.6 is 0 Å². The average Bonchev–Trinajstić information content (AvgIpc) is 2.37. The molecule has 0 bridgehead atoms. The molecule has 0 radical (unpaired) electrons.